The molecule has 0 amide bonds. The van der Waals surface area contributed by atoms with Gasteiger partial charge < -0.3 is 9.84 Å². The lowest BCUT2D eigenvalue weighted by Crippen LogP contribution is -2.06. The van der Waals surface area contributed by atoms with Gasteiger partial charge in [-0.2, -0.15) is 14.0 Å². The van der Waals surface area contributed by atoms with Crippen molar-refractivity contribution in [2.24, 2.45) is 0 Å². The number of carboxylic acids is 1. The lowest BCUT2D eigenvalue weighted by Gasteiger charge is -2.09. The Labute approximate surface area is 89.7 Å². The van der Waals surface area contributed by atoms with Gasteiger partial charge in [0.15, 0.2) is 0 Å². The topological polar surface area (TPSA) is 70.3 Å². The second kappa shape index (κ2) is 4.57. The van der Waals surface area contributed by atoms with Gasteiger partial charge in [-0.25, -0.2) is 4.79 Å². The van der Waals surface area contributed by atoms with Crippen LogP contribution in [0.4, 0.5) is 8.78 Å². The maximum atomic E-state index is 12.0. The van der Waals surface area contributed by atoms with Crippen LogP contribution >= 0.6 is 0 Å². The van der Waals surface area contributed by atoms with E-state index < -0.39 is 12.6 Å². The third-order valence-electron chi connectivity index (χ3n) is 1.88. The van der Waals surface area contributed by atoms with Gasteiger partial charge in [0.05, 0.1) is 11.1 Å². The van der Waals surface area contributed by atoms with E-state index in [9.17, 15) is 13.6 Å². The zero-order chi connectivity index (χ0) is 12.3. The van der Waals surface area contributed by atoms with Crippen LogP contribution in [0.5, 0.6) is 5.75 Å². The summed E-state index contributed by atoms with van der Waals surface area (Å²) < 4.78 is 28.1. The molecule has 0 aromatic heterocycles. The number of hydrogen-bond donors (Lipinski definition) is 1. The van der Waals surface area contributed by atoms with Crippen molar-refractivity contribution in [2.75, 3.05) is 0 Å². The monoisotopic (exact) mass is 227 g/mol. The summed E-state index contributed by atoms with van der Waals surface area (Å²) in [5.74, 6) is -1.49. The molecule has 4 nitrogen and oxygen atoms in total. The Morgan fingerprint density at radius 3 is 2.62 bits per heavy atom. The van der Waals surface area contributed by atoms with E-state index in [1.54, 1.807) is 6.07 Å². The quantitative estimate of drug-likeness (QED) is 0.858. The average Bonchev–Trinajstić information content (AvgIpc) is 2.19. The van der Waals surface area contributed by atoms with Crippen LogP contribution < -0.4 is 4.74 Å². The normalized spacial score (nSPS) is 9.94. The summed E-state index contributed by atoms with van der Waals surface area (Å²) in [6.45, 7) is -1.59. The Bertz CT molecular complexity index is 466. The Kier molecular flexibility index (Phi) is 3.40. The van der Waals surface area contributed by atoms with E-state index >= 15 is 0 Å². The van der Waals surface area contributed by atoms with Crippen molar-refractivity contribution in [1.29, 1.82) is 5.26 Å². The second-order valence-electron chi connectivity index (χ2n) is 2.96. The average molecular weight is 227 g/mol. The number of rotatable bonds is 3. The van der Waals surface area contributed by atoms with Crippen molar-refractivity contribution in [3.05, 3.63) is 28.8 Å². The largest absolute Gasteiger partial charge is 0.478 e. The molecule has 0 heterocycles. The molecule has 1 aromatic rings. The molecule has 0 aliphatic heterocycles. The second-order valence-corrected chi connectivity index (χ2v) is 2.96. The molecule has 0 spiro atoms. The van der Waals surface area contributed by atoms with Crippen molar-refractivity contribution in [3.63, 3.8) is 0 Å². The molecule has 0 aliphatic carbocycles. The smallest absolute Gasteiger partial charge is 0.387 e. The van der Waals surface area contributed by atoms with Crippen LogP contribution in [0.15, 0.2) is 12.1 Å². The van der Waals surface area contributed by atoms with E-state index in [0.717, 1.165) is 12.1 Å². The van der Waals surface area contributed by atoms with Crippen LogP contribution in [-0.4, -0.2) is 17.7 Å². The van der Waals surface area contributed by atoms with Crippen molar-refractivity contribution in [3.8, 4) is 11.8 Å². The maximum Gasteiger partial charge on any atom is 0.387 e. The predicted octanol–water partition coefficient (Wildman–Crippen LogP) is 2.17. The lowest BCUT2D eigenvalue weighted by atomic mass is 10.0. The van der Waals surface area contributed by atoms with Crippen LogP contribution in [0.2, 0.25) is 0 Å². The predicted molar refractivity (Wildman–Crippen MR) is 49.5 cm³/mol. The molecule has 0 saturated carbocycles. The molecular weight excluding hydrogens is 220 g/mol. The Balaban J connectivity index is 3.27. The summed E-state index contributed by atoms with van der Waals surface area (Å²) in [6.07, 6.45) is 0. The molecule has 0 radical (unpaired) electrons. The number of aryl methyl sites for hydroxylation is 1. The first-order valence-electron chi connectivity index (χ1n) is 4.18. The van der Waals surface area contributed by atoms with Crippen LogP contribution in [0, 0.1) is 18.3 Å². The van der Waals surface area contributed by atoms with Gasteiger partial charge in [-0.05, 0) is 24.6 Å². The molecule has 84 valence electrons. The van der Waals surface area contributed by atoms with Gasteiger partial charge in [-0.1, -0.05) is 0 Å². The van der Waals surface area contributed by atoms with E-state index in [0.29, 0.717) is 0 Å². The van der Waals surface area contributed by atoms with Gasteiger partial charge in [0.25, 0.3) is 0 Å². The van der Waals surface area contributed by atoms with Gasteiger partial charge in [-0.15, -0.1) is 0 Å². The highest BCUT2D eigenvalue weighted by Crippen LogP contribution is 2.24. The number of nitriles is 1. The molecule has 1 aromatic carbocycles. The molecule has 6 heteroatoms. The highest BCUT2D eigenvalue weighted by molar-refractivity contribution is 5.91. The first-order valence-corrected chi connectivity index (χ1v) is 4.18. The van der Waals surface area contributed by atoms with Gasteiger partial charge >= 0.3 is 12.6 Å². The first-order chi connectivity index (χ1) is 7.45. The fourth-order valence-electron chi connectivity index (χ4n) is 1.18. The highest BCUT2D eigenvalue weighted by Gasteiger charge is 2.15. The first kappa shape index (κ1) is 11.9. The molecule has 0 fully saturated rings. The van der Waals surface area contributed by atoms with Crippen molar-refractivity contribution >= 4 is 5.97 Å². The lowest BCUT2D eigenvalue weighted by molar-refractivity contribution is -0.0503. The maximum absolute atomic E-state index is 12.0. The Morgan fingerprint density at radius 1 is 1.56 bits per heavy atom. The Hall–Kier alpha value is -2.16. The summed E-state index contributed by atoms with van der Waals surface area (Å²) in [6, 6.07) is 3.73. The molecule has 0 atom stereocenters. The number of halogens is 2. The fraction of sp³-hybridized carbons (Fsp3) is 0.200. The van der Waals surface area contributed by atoms with E-state index in [4.69, 9.17) is 10.4 Å². The van der Waals surface area contributed by atoms with Gasteiger partial charge in [-0.3, -0.25) is 0 Å². The molecule has 0 unspecified atom stereocenters. The van der Waals surface area contributed by atoms with E-state index in [1.807, 2.05) is 0 Å². The standard InChI is InChI=1S/C10H7F2NO3/c1-5-2-7(9(14)15)6(4-13)3-8(5)16-10(11)12/h2-3,10H,1H3,(H,14,15). The third-order valence-corrected chi connectivity index (χ3v) is 1.88. The van der Waals surface area contributed by atoms with Crippen LogP contribution in [0.1, 0.15) is 21.5 Å². The molecule has 1 rings (SSSR count). The van der Waals surface area contributed by atoms with Crippen LogP contribution in [0.3, 0.4) is 0 Å². The van der Waals surface area contributed by atoms with Crippen LogP contribution in [0.25, 0.3) is 0 Å². The van der Waals surface area contributed by atoms with Crippen molar-refractivity contribution in [2.45, 2.75) is 13.5 Å². The van der Waals surface area contributed by atoms with Crippen LogP contribution in [-0.2, 0) is 0 Å². The fourth-order valence-corrected chi connectivity index (χ4v) is 1.18. The van der Waals surface area contributed by atoms with E-state index in [-0.39, 0.29) is 22.4 Å². The SMILES string of the molecule is Cc1cc(C(=O)O)c(C#N)cc1OC(F)F. The van der Waals surface area contributed by atoms with Crippen molar-refractivity contribution < 1.29 is 23.4 Å². The van der Waals surface area contributed by atoms with Crippen molar-refractivity contribution in [1.82, 2.24) is 0 Å². The molecule has 16 heavy (non-hydrogen) atoms. The number of benzene rings is 1. The van der Waals surface area contributed by atoms with Gasteiger partial charge in [0, 0.05) is 0 Å². The zero-order valence-electron chi connectivity index (χ0n) is 8.20. The third kappa shape index (κ3) is 2.45. The zero-order valence-corrected chi connectivity index (χ0v) is 8.20. The minimum absolute atomic E-state index is 0.198. The molecular formula is C10H7F2NO3. The summed E-state index contributed by atoms with van der Waals surface area (Å²) in [4.78, 5) is 10.7. The number of alkyl halides is 2. The number of hydrogen-bond acceptors (Lipinski definition) is 3. The van der Waals surface area contributed by atoms with E-state index in [1.165, 1.54) is 6.92 Å². The highest BCUT2D eigenvalue weighted by atomic mass is 19.3. The summed E-state index contributed by atoms with van der Waals surface area (Å²) >= 11 is 0. The molecule has 1 N–H and O–H groups in total. The Morgan fingerprint density at radius 2 is 2.19 bits per heavy atom. The minimum Gasteiger partial charge on any atom is -0.478 e. The van der Waals surface area contributed by atoms with Gasteiger partial charge in [0.2, 0.25) is 0 Å². The molecule has 0 bridgehead atoms. The minimum atomic E-state index is -3.01. The van der Waals surface area contributed by atoms with E-state index in [2.05, 4.69) is 4.74 Å². The summed E-state index contributed by atoms with van der Waals surface area (Å²) in [5.41, 5.74) is -0.216. The number of ether oxygens (including phenoxy) is 1. The number of carbonyl (C=O) groups is 1. The number of carboxylic acid groups (broad SMARTS) is 1. The molecule has 0 saturated heterocycles. The molecule has 0 aliphatic rings. The summed E-state index contributed by atoms with van der Waals surface area (Å²) in [5, 5.41) is 17.4. The van der Waals surface area contributed by atoms with Gasteiger partial charge in [0.1, 0.15) is 11.8 Å². The number of aromatic carboxylic acids is 1. The number of nitrogens with zero attached hydrogens (tertiary/aromatic N) is 1. The summed E-state index contributed by atoms with van der Waals surface area (Å²) in [7, 11) is 0.